The number of hydrogen-bond donors (Lipinski definition) is 0. The van der Waals surface area contributed by atoms with Crippen LogP contribution in [0.1, 0.15) is 23.2 Å². The molecule has 0 bridgehead atoms. The van der Waals surface area contributed by atoms with Gasteiger partial charge in [-0.15, -0.1) is 0 Å². The van der Waals surface area contributed by atoms with Crippen molar-refractivity contribution in [2.24, 2.45) is 5.92 Å². The molecule has 1 aromatic carbocycles. The lowest BCUT2D eigenvalue weighted by Crippen LogP contribution is -2.43. The molecule has 3 rings (SSSR count). The highest BCUT2D eigenvalue weighted by atomic mass is 35.5. The Kier molecular flexibility index (Phi) is 6.59. The summed E-state index contributed by atoms with van der Waals surface area (Å²) < 4.78 is 37.1. The van der Waals surface area contributed by atoms with Crippen LogP contribution in [0.4, 0.5) is 0 Å². The minimum absolute atomic E-state index is 0.0173. The molecule has 0 aromatic heterocycles. The predicted molar refractivity (Wildman–Crippen MR) is 102 cm³/mol. The molecule has 10 heteroatoms. The Morgan fingerprint density at radius 1 is 1.21 bits per heavy atom. The van der Waals surface area contributed by atoms with Crippen molar-refractivity contribution in [2.75, 3.05) is 46.5 Å². The highest BCUT2D eigenvalue weighted by Crippen LogP contribution is 2.27. The third-order valence-corrected chi connectivity index (χ3v) is 7.24. The number of morpholine rings is 1. The summed E-state index contributed by atoms with van der Waals surface area (Å²) in [6.45, 7) is 1.90. The first-order chi connectivity index (χ1) is 13.3. The summed E-state index contributed by atoms with van der Waals surface area (Å²) in [6.07, 6.45) is 1.31. The highest BCUT2D eigenvalue weighted by molar-refractivity contribution is 7.89. The summed E-state index contributed by atoms with van der Waals surface area (Å²) in [5, 5.41) is 0.172. The van der Waals surface area contributed by atoms with Crippen molar-refractivity contribution in [2.45, 2.75) is 17.7 Å². The molecular weight excluding hydrogens is 408 g/mol. The Labute approximate surface area is 169 Å². The molecule has 1 aromatic rings. The second kappa shape index (κ2) is 8.77. The van der Waals surface area contributed by atoms with Crippen LogP contribution in [0.2, 0.25) is 5.02 Å². The maximum atomic E-state index is 13.0. The van der Waals surface area contributed by atoms with Gasteiger partial charge < -0.3 is 14.4 Å². The zero-order valence-corrected chi connectivity index (χ0v) is 17.2. The lowest BCUT2D eigenvalue weighted by atomic mass is 9.97. The van der Waals surface area contributed by atoms with Crippen LogP contribution in [0.3, 0.4) is 0 Å². The van der Waals surface area contributed by atoms with Crippen molar-refractivity contribution >= 4 is 33.5 Å². The van der Waals surface area contributed by atoms with Crippen molar-refractivity contribution < 1.29 is 27.5 Å². The second-order valence-electron chi connectivity index (χ2n) is 6.77. The van der Waals surface area contributed by atoms with E-state index in [0.717, 1.165) is 0 Å². The van der Waals surface area contributed by atoms with E-state index in [1.54, 1.807) is 0 Å². The van der Waals surface area contributed by atoms with Gasteiger partial charge in [-0.3, -0.25) is 9.59 Å². The Morgan fingerprint density at radius 3 is 2.61 bits per heavy atom. The van der Waals surface area contributed by atoms with E-state index in [2.05, 4.69) is 0 Å². The first-order valence-corrected chi connectivity index (χ1v) is 10.9. The van der Waals surface area contributed by atoms with Gasteiger partial charge in [-0.1, -0.05) is 11.6 Å². The van der Waals surface area contributed by atoms with E-state index in [1.165, 1.54) is 34.5 Å². The quantitative estimate of drug-likeness (QED) is 0.670. The Bertz CT molecular complexity index is 854. The number of halogens is 1. The fraction of sp³-hybridized carbons (Fsp3) is 0.556. The van der Waals surface area contributed by atoms with E-state index in [4.69, 9.17) is 21.1 Å². The summed E-state index contributed by atoms with van der Waals surface area (Å²) in [5.74, 6) is -1.13. The molecule has 0 N–H and O–H groups in total. The van der Waals surface area contributed by atoms with E-state index in [0.29, 0.717) is 32.6 Å². The number of carbonyl (C=O) groups is 2. The minimum atomic E-state index is -3.74. The number of likely N-dealkylation sites (tertiary alicyclic amines) is 1. The molecule has 2 saturated heterocycles. The van der Waals surface area contributed by atoms with Gasteiger partial charge in [-0.25, -0.2) is 8.42 Å². The molecule has 1 atom stereocenters. The van der Waals surface area contributed by atoms with Gasteiger partial charge in [-0.2, -0.15) is 4.31 Å². The average Bonchev–Trinajstić information content (AvgIpc) is 2.73. The fourth-order valence-corrected chi connectivity index (χ4v) is 5.09. The van der Waals surface area contributed by atoms with Crippen molar-refractivity contribution in [3.63, 3.8) is 0 Å². The smallest absolute Gasteiger partial charge is 0.310 e. The fourth-order valence-electron chi connectivity index (χ4n) is 3.46. The zero-order valence-electron chi connectivity index (χ0n) is 15.6. The van der Waals surface area contributed by atoms with Crippen molar-refractivity contribution in [3.05, 3.63) is 28.8 Å². The lowest BCUT2D eigenvalue weighted by Gasteiger charge is -2.31. The van der Waals surface area contributed by atoms with Crippen molar-refractivity contribution in [1.29, 1.82) is 0 Å². The summed E-state index contributed by atoms with van der Waals surface area (Å²) in [7, 11) is -2.42. The van der Waals surface area contributed by atoms with E-state index >= 15 is 0 Å². The number of hydrogen-bond acceptors (Lipinski definition) is 6. The van der Waals surface area contributed by atoms with Crippen molar-refractivity contribution in [3.8, 4) is 0 Å². The molecule has 154 valence electrons. The molecule has 2 aliphatic rings. The van der Waals surface area contributed by atoms with Gasteiger partial charge in [-0.05, 0) is 31.0 Å². The SMILES string of the molecule is COC(=O)C1CCCN(C(=O)c2cc(S(=O)(=O)N3CCOCC3)ccc2Cl)C1. The van der Waals surface area contributed by atoms with Gasteiger partial charge in [0.15, 0.2) is 0 Å². The molecule has 1 unspecified atom stereocenters. The maximum Gasteiger partial charge on any atom is 0.310 e. The van der Waals surface area contributed by atoms with Crippen LogP contribution in [0.25, 0.3) is 0 Å². The summed E-state index contributed by atoms with van der Waals surface area (Å²) in [4.78, 5) is 26.4. The maximum absolute atomic E-state index is 13.0. The summed E-state index contributed by atoms with van der Waals surface area (Å²) in [5.41, 5.74) is 0.113. The van der Waals surface area contributed by atoms with Crippen LogP contribution in [0.5, 0.6) is 0 Å². The third-order valence-electron chi connectivity index (χ3n) is 5.02. The van der Waals surface area contributed by atoms with Crippen LogP contribution in [-0.2, 0) is 24.3 Å². The number of esters is 1. The molecule has 28 heavy (non-hydrogen) atoms. The number of sulfonamides is 1. The Hall–Kier alpha value is -1.68. The monoisotopic (exact) mass is 430 g/mol. The van der Waals surface area contributed by atoms with E-state index in [9.17, 15) is 18.0 Å². The molecule has 8 nitrogen and oxygen atoms in total. The number of benzene rings is 1. The van der Waals surface area contributed by atoms with Gasteiger partial charge in [0.1, 0.15) is 0 Å². The van der Waals surface area contributed by atoms with Gasteiger partial charge in [0.2, 0.25) is 10.0 Å². The zero-order chi connectivity index (χ0) is 20.3. The Balaban J connectivity index is 1.85. The van der Waals surface area contributed by atoms with Crippen LogP contribution in [0.15, 0.2) is 23.1 Å². The summed E-state index contributed by atoms with van der Waals surface area (Å²) >= 11 is 6.20. The van der Waals surface area contributed by atoms with Crippen LogP contribution >= 0.6 is 11.6 Å². The van der Waals surface area contributed by atoms with Gasteiger partial charge in [0.05, 0.1) is 41.7 Å². The molecule has 2 fully saturated rings. The number of rotatable bonds is 4. The molecule has 0 spiro atoms. The molecule has 0 aliphatic carbocycles. The first-order valence-electron chi connectivity index (χ1n) is 9.09. The average molecular weight is 431 g/mol. The molecule has 0 radical (unpaired) electrons. The van der Waals surface area contributed by atoms with E-state index in [1.807, 2.05) is 0 Å². The topological polar surface area (TPSA) is 93.2 Å². The van der Waals surface area contributed by atoms with E-state index < -0.39 is 15.9 Å². The Morgan fingerprint density at radius 2 is 1.93 bits per heavy atom. The summed E-state index contributed by atoms with van der Waals surface area (Å²) in [6, 6.07) is 4.14. The van der Waals surface area contributed by atoms with Gasteiger partial charge in [0, 0.05) is 26.2 Å². The molecular formula is C18H23ClN2O6S. The van der Waals surface area contributed by atoms with Crippen LogP contribution in [-0.4, -0.2) is 76.0 Å². The number of ether oxygens (including phenoxy) is 2. The lowest BCUT2D eigenvalue weighted by molar-refractivity contribution is -0.146. The molecule has 2 heterocycles. The number of piperidine rings is 1. The van der Waals surface area contributed by atoms with Gasteiger partial charge >= 0.3 is 5.97 Å². The third kappa shape index (κ3) is 4.32. The van der Waals surface area contributed by atoms with Crippen molar-refractivity contribution in [1.82, 2.24) is 9.21 Å². The number of nitrogens with zero attached hydrogens (tertiary/aromatic N) is 2. The normalized spacial score (nSPS) is 21.4. The predicted octanol–water partition coefficient (Wildman–Crippen LogP) is 1.39. The first kappa shape index (κ1) is 21.0. The number of amides is 1. The molecule has 0 saturated carbocycles. The largest absolute Gasteiger partial charge is 0.469 e. The minimum Gasteiger partial charge on any atom is -0.469 e. The van der Waals surface area contributed by atoms with Crippen LogP contribution < -0.4 is 0 Å². The molecule has 2 aliphatic heterocycles. The number of methoxy groups -OCH3 is 1. The molecule has 1 amide bonds. The standard InChI is InChI=1S/C18H23ClN2O6S/c1-26-18(23)13-3-2-6-20(12-13)17(22)15-11-14(4-5-16(15)19)28(24,25)21-7-9-27-10-8-21/h4-5,11,13H,2-3,6-10,12H2,1H3. The second-order valence-corrected chi connectivity index (χ2v) is 9.12. The van der Waals surface area contributed by atoms with Crippen LogP contribution in [0, 0.1) is 5.92 Å². The van der Waals surface area contributed by atoms with E-state index in [-0.39, 0.29) is 47.0 Å². The highest BCUT2D eigenvalue weighted by Gasteiger charge is 2.32. The van der Waals surface area contributed by atoms with Gasteiger partial charge in [0.25, 0.3) is 5.91 Å². The number of carbonyl (C=O) groups excluding carboxylic acids is 2.